The van der Waals surface area contributed by atoms with Gasteiger partial charge in [-0.1, -0.05) is 23.4 Å². The average Bonchev–Trinajstić information content (AvgIpc) is 3.08. The molecule has 0 spiro atoms. The van der Waals surface area contributed by atoms with E-state index in [9.17, 15) is 4.79 Å². The molecule has 0 aliphatic carbocycles. The molecule has 1 N–H and O–H groups in total. The number of amides is 1. The first-order chi connectivity index (χ1) is 14.5. The molecule has 158 valence electrons. The summed E-state index contributed by atoms with van der Waals surface area (Å²) >= 11 is 7.35. The molecule has 1 heterocycles. The van der Waals surface area contributed by atoms with Crippen molar-refractivity contribution in [3.63, 3.8) is 0 Å². The van der Waals surface area contributed by atoms with E-state index in [0.717, 1.165) is 17.0 Å². The van der Waals surface area contributed by atoms with Gasteiger partial charge in [0.25, 0.3) is 0 Å². The van der Waals surface area contributed by atoms with Crippen LogP contribution in [0.2, 0.25) is 5.02 Å². The zero-order valence-electron chi connectivity index (χ0n) is 17.0. The van der Waals surface area contributed by atoms with E-state index in [0.29, 0.717) is 28.4 Å². The molecule has 0 aliphatic heterocycles. The van der Waals surface area contributed by atoms with E-state index in [2.05, 4.69) is 15.5 Å². The number of hydrogen-bond acceptors (Lipinski definition) is 6. The zero-order valence-corrected chi connectivity index (χ0v) is 18.6. The fourth-order valence-corrected chi connectivity index (χ4v) is 3.43. The Balaban J connectivity index is 1.50. The maximum atomic E-state index is 12.2. The summed E-state index contributed by atoms with van der Waals surface area (Å²) in [6.07, 6.45) is 0. The topological polar surface area (TPSA) is 78.3 Å². The van der Waals surface area contributed by atoms with Crippen molar-refractivity contribution in [3.8, 4) is 11.5 Å². The summed E-state index contributed by atoms with van der Waals surface area (Å²) in [7, 11) is 1.85. The first-order valence-corrected chi connectivity index (χ1v) is 10.8. The lowest BCUT2D eigenvalue weighted by Crippen LogP contribution is -2.14. The molecule has 9 heteroatoms. The highest BCUT2D eigenvalue weighted by Gasteiger charge is 2.12. The molecule has 7 nitrogen and oxygen atoms in total. The number of thioether (sulfide) groups is 1. The molecule has 30 heavy (non-hydrogen) atoms. The van der Waals surface area contributed by atoms with Gasteiger partial charge in [-0.2, -0.15) is 0 Å². The van der Waals surface area contributed by atoms with Gasteiger partial charge in [0.1, 0.15) is 18.1 Å². The van der Waals surface area contributed by atoms with Crippen molar-refractivity contribution >= 4 is 35.0 Å². The standard InChI is InChI=1S/C21H23ClN4O3S/c1-4-28-16-7-5-15(6-8-16)23-20(27)13-30-21-25-24-19(26(21)3)12-29-17-9-10-18(22)14(2)11-17/h5-11H,4,12-13H2,1-3H3,(H,23,27). The highest BCUT2D eigenvalue weighted by Crippen LogP contribution is 2.22. The number of ether oxygens (including phenoxy) is 2. The van der Waals surface area contributed by atoms with Crippen LogP contribution in [-0.4, -0.2) is 33.0 Å². The summed E-state index contributed by atoms with van der Waals surface area (Å²) in [4.78, 5) is 12.2. The largest absolute Gasteiger partial charge is 0.494 e. The number of carbonyl (C=O) groups excluding carboxylic acids is 1. The van der Waals surface area contributed by atoms with Gasteiger partial charge in [0.05, 0.1) is 12.4 Å². The molecule has 0 bridgehead atoms. The second kappa shape index (κ2) is 10.4. The molecule has 3 rings (SSSR count). The van der Waals surface area contributed by atoms with Crippen LogP contribution in [0.5, 0.6) is 11.5 Å². The Hall–Kier alpha value is -2.71. The van der Waals surface area contributed by atoms with Crippen molar-refractivity contribution < 1.29 is 14.3 Å². The number of anilines is 1. The Labute approximate surface area is 184 Å². The Morgan fingerprint density at radius 1 is 1.13 bits per heavy atom. The summed E-state index contributed by atoms with van der Waals surface area (Å²) in [6.45, 7) is 4.72. The predicted molar refractivity (Wildman–Crippen MR) is 118 cm³/mol. The fraction of sp³-hybridized carbons (Fsp3) is 0.286. The first kappa shape index (κ1) is 22.0. The summed E-state index contributed by atoms with van der Waals surface area (Å²) in [6, 6.07) is 12.7. The molecular weight excluding hydrogens is 424 g/mol. The molecular formula is C21H23ClN4O3S. The van der Waals surface area contributed by atoms with Gasteiger partial charge in [0.2, 0.25) is 5.91 Å². The van der Waals surface area contributed by atoms with Gasteiger partial charge in [0.15, 0.2) is 11.0 Å². The zero-order chi connectivity index (χ0) is 21.5. The van der Waals surface area contributed by atoms with E-state index in [1.165, 1.54) is 11.8 Å². The third-order valence-corrected chi connectivity index (χ3v) is 5.65. The smallest absolute Gasteiger partial charge is 0.234 e. The lowest BCUT2D eigenvalue weighted by atomic mass is 10.2. The second-order valence-electron chi connectivity index (χ2n) is 6.45. The lowest BCUT2D eigenvalue weighted by Gasteiger charge is -2.08. The number of benzene rings is 2. The number of halogens is 1. The van der Waals surface area contributed by atoms with Gasteiger partial charge in [0, 0.05) is 17.8 Å². The minimum atomic E-state index is -0.124. The van der Waals surface area contributed by atoms with Crippen molar-refractivity contribution in [3.05, 3.63) is 58.9 Å². The molecule has 3 aromatic rings. The van der Waals surface area contributed by atoms with Crippen LogP contribution < -0.4 is 14.8 Å². The number of rotatable bonds is 9. The van der Waals surface area contributed by atoms with Gasteiger partial charge >= 0.3 is 0 Å². The Kier molecular flexibility index (Phi) is 7.59. The van der Waals surface area contributed by atoms with E-state index in [1.54, 1.807) is 6.07 Å². The first-order valence-electron chi connectivity index (χ1n) is 9.39. The molecule has 0 aliphatic rings. The number of nitrogens with one attached hydrogen (secondary N) is 1. The maximum Gasteiger partial charge on any atom is 0.234 e. The van der Waals surface area contributed by atoms with Crippen molar-refractivity contribution in [2.75, 3.05) is 17.7 Å². The molecule has 2 aromatic carbocycles. The Morgan fingerprint density at radius 2 is 1.87 bits per heavy atom. The summed E-state index contributed by atoms with van der Waals surface area (Å²) in [5.41, 5.74) is 1.66. The van der Waals surface area contributed by atoms with Crippen LogP contribution in [0.25, 0.3) is 0 Å². The molecule has 0 unspecified atom stereocenters. The summed E-state index contributed by atoms with van der Waals surface area (Å²) < 4.78 is 13.0. The van der Waals surface area contributed by atoms with Gasteiger partial charge in [-0.05, 0) is 61.9 Å². The minimum absolute atomic E-state index is 0.124. The SMILES string of the molecule is CCOc1ccc(NC(=O)CSc2nnc(COc3ccc(Cl)c(C)c3)n2C)cc1. The third kappa shape index (κ3) is 5.90. The number of carbonyl (C=O) groups is 1. The van der Waals surface area contributed by atoms with Gasteiger partial charge in [-0.3, -0.25) is 4.79 Å². The van der Waals surface area contributed by atoms with Crippen molar-refractivity contribution in [2.24, 2.45) is 7.05 Å². The van der Waals surface area contributed by atoms with E-state index in [1.807, 2.05) is 61.9 Å². The molecule has 0 radical (unpaired) electrons. The van der Waals surface area contributed by atoms with Gasteiger partial charge in [-0.15, -0.1) is 10.2 Å². The Morgan fingerprint density at radius 3 is 2.57 bits per heavy atom. The van der Waals surface area contributed by atoms with Crippen molar-refractivity contribution in [2.45, 2.75) is 25.6 Å². The van der Waals surface area contributed by atoms with E-state index in [4.69, 9.17) is 21.1 Å². The molecule has 1 aromatic heterocycles. The Bertz CT molecular complexity index is 1010. The van der Waals surface area contributed by atoms with E-state index < -0.39 is 0 Å². The summed E-state index contributed by atoms with van der Waals surface area (Å²) in [5.74, 6) is 2.24. The number of hydrogen-bond donors (Lipinski definition) is 1. The van der Waals surface area contributed by atoms with Crippen LogP contribution in [0.1, 0.15) is 18.3 Å². The molecule has 1 amide bonds. The highest BCUT2D eigenvalue weighted by molar-refractivity contribution is 7.99. The molecule has 0 saturated heterocycles. The van der Waals surface area contributed by atoms with Crippen LogP contribution in [0.4, 0.5) is 5.69 Å². The van der Waals surface area contributed by atoms with Crippen LogP contribution in [0, 0.1) is 6.92 Å². The fourth-order valence-electron chi connectivity index (χ4n) is 2.58. The van der Waals surface area contributed by atoms with Crippen LogP contribution in [0.15, 0.2) is 47.6 Å². The van der Waals surface area contributed by atoms with Crippen molar-refractivity contribution in [1.82, 2.24) is 14.8 Å². The summed E-state index contributed by atoms with van der Waals surface area (Å²) in [5, 5.41) is 12.5. The van der Waals surface area contributed by atoms with E-state index in [-0.39, 0.29) is 18.3 Å². The van der Waals surface area contributed by atoms with Gasteiger partial charge < -0.3 is 19.4 Å². The third-order valence-electron chi connectivity index (χ3n) is 4.20. The average molecular weight is 447 g/mol. The second-order valence-corrected chi connectivity index (χ2v) is 7.80. The van der Waals surface area contributed by atoms with Crippen molar-refractivity contribution in [1.29, 1.82) is 0 Å². The molecule has 0 saturated carbocycles. The predicted octanol–water partition coefficient (Wildman–Crippen LogP) is 4.49. The lowest BCUT2D eigenvalue weighted by molar-refractivity contribution is -0.113. The van der Waals surface area contributed by atoms with Crippen LogP contribution in [0.3, 0.4) is 0 Å². The minimum Gasteiger partial charge on any atom is -0.494 e. The number of aromatic nitrogens is 3. The molecule has 0 fully saturated rings. The maximum absolute atomic E-state index is 12.2. The van der Waals surface area contributed by atoms with Gasteiger partial charge in [-0.25, -0.2) is 0 Å². The quantitative estimate of drug-likeness (QED) is 0.488. The molecule has 0 atom stereocenters. The highest BCUT2D eigenvalue weighted by atomic mass is 35.5. The monoisotopic (exact) mass is 446 g/mol. The normalized spacial score (nSPS) is 10.7. The van der Waals surface area contributed by atoms with Crippen LogP contribution in [-0.2, 0) is 18.4 Å². The van der Waals surface area contributed by atoms with Crippen LogP contribution >= 0.6 is 23.4 Å². The number of aryl methyl sites for hydroxylation is 1. The van der Waals surface area contributed by atoms with E-state index >= 15 is 0 Å². The number of nitrogens with zero attached hydrogens (tertiary/aromatic N) is 3.